The quantitative estimate of drug-likeness (QED) is 0.898. The highest BCUT2D eigenvalue weighted by atomic mass is 16.5. The Morgan fingerprint density at radius 3 is 3.28 bits per heavy atom. The Morgan fingerprint density at radius 1 is 1.50 bits per heavy atom. The molecule has 0 bridgehead atoms. The summed E-state index contributed by atoms with van der Waals surface area (Å²) in [6.07, 6.45) is 6.68. The molecule has 2 unspecified atom stereocenters. The van der Waals surface area contributed by atoms with E-state index in [1.807, 2.05) is 24.4 Å². The molecule has 0 radical (unpaired) electrons. The first-order valence-corrected chi connectivity index (χ1v) is 6.59. The van der Waals surface area contributed by atoms with Gasteiger partial charge in [0, 0.05) is 31.6 Å². The topological polar surface area (TPSA) is 38.6 Å². The molecule has 0 aromatic carbocycles. The molecule has 0 saturated carbocycles. The van der Waals surface area contributed by atoms with E-state index in [0.717, 1.165) is 37.3 Å². The molecule has 96 valence electrons. The molecule has 4 nitrogen and oxygen atoms in total. The van der Waals surface area contributed by atoms with Crippen LogP contribution >= 0.6 is 0 Å². The van der Waals surface area contributed by atoms with Gasteiger partial charge < -0.3 is 14.5 Å². The maximum atomic E-state index is 5.55. The van der Waals surface area contributed by atoms with Gasteiger partial charge in [-0.3, -0.25) is 0 Å². The zero-order valence-electron chi connectivity index (χ0n) is 10.7. The first kappa shape index (κ1) is 11.7. The number of nitrogens with zero attached hydrogens (tertiary/aromatic N) is 2. The maximum Gasteiger partial charge on any atom is 0.137 e. The van der Waals surface area contributed by atoms with E-state index in [1.165, 1.54) is 0 Å². The van der Waals surface area contributed by atoms with Gasteiger partial charge in [-0.15, -0.1) is 0 Å². The van der Waals surface area contributed by atoms with Crippen LogP contribution in [0.3, 0.4) is 0 Å². The lowest BCUT2D eigenvalue weighted by Gasteiger charge is -2.27. The smallest absolute Gasteiger partial charge is 0.137 e. The monoisotopic (exact) mass is 245 g/mol. The van der Waals surface area contributed by atoms with Crippen molar-refractivity contribution in [3.05, 3.63) is 36.3 Å². The summed E-state index contributed by atoms with van der Waals surface area (Å²) in [6.45, 7) is 3.84. The van der Waals surface area contributed by atoms with Gasteiger partial charge in [-0.2, -0.15) is 0 Å². The minimum atomic E-state index is 0.373. The molecule has 1 aliphatic rings. The number of pyridine rings is 1. The van der Waals surface area contributed by atoms with E-state index >= 15 is 0 Å². The van der Waals surface area contributed by atoms with Crippen LogP contribution in [0.25, 0.3) is 5.65 Å². The average Bonchev–Trinajstić information content (AvgIpc) is 2.79. The van der Waals surface area contributed by atoms with E-state index in [4.69, 9.17) is 4.74 Å². The Labute approximate surface area is 107 Å². The van der Waals surface area contributed by atoms with Gasteiger partial charge in [0.1, 0.15) is 5.65 Å². The lowest BCUT2D eigenvalue weighted by atomic mass is 10.0. The van der Waals surface area contributed by atoms with Gasteiger partial charge in [0.05, 0.1) is 11.8 Å². The fourth-order valence-electron chi connectivity index (χ4n) is 2.50. The minimum Gasteiger partial charge on any atom is -0.378 e. The van der Waals surface area contributed by atoms with Gasteiger partial charge in [-0.25, -0.2) is 4.98 Å². The highest BCUT2D eigenvalue weighted by molar-refractivity contribution is 5.39. The van der Waals surface area contributed by atoms with E-state index in [2.05, 4.69) is 27.8 Å². The number of nitrogens with one attached hydrogen (secondary N) is 1. The number of fused-ring (bicyclic) bond motifs is 1. The normalized spacial score (nSPS) is 24.5. The van der Waals surface area contributed by atoms with Crippen molar-refractivity contribution in [2.75, 3.05) is 6.61 Å². The third kappa shape index (κ3) is 2.54. The molecule has 0 amide bonds. The zero-order valence-corrected chi connectivity index (χ0v) is 10.7. The molecule has 3 heterocycles. The SMILES string of the molecule is CC1CC(NCc2cn3ccccc3n2)CCO1. The van der Waals surface area contributed by atoms with Crippen molar-refractivity contribution in [3.63, 3.8) is 0 Å². The maximum absolute atomic E-state index is 5.55. The van der Waals surface area contributed by atoms with Crippen molar-refractivity contribution in [3.8, 4) is 0 Å². The van der Waals surface area contributed by atoms with Gasteiger partial charge in [0.2, 0.25) is 0 Å². The standard InChI is InChI=1S/C14H19N3O/c1-11-8-12(5-7-18-11)15-9-13-10-17-6-3-2-4-14(17)16-13/h2-4,6,10-12,15H,5,7-9H2,1H3. The summed E-state index contributed by atoms with van der Waals surface area (Å²) in [5.74, 6) is 0. The Bertz CT molecular complexity index is 489. The molecule has 1 saturated heterocycles. The van der Waals surface area contributed by atoms with Crippen LogP contribution in [0.4, 0.5) is 0 Å². The van der Waals surface area contributed by atoms with Gasteiger partial charge in [-0.1, -0.05) is 6.07 Å². The molecule has 2 aromatic heterocycles. The number of rotatable bonds is 3. The van der Waals surface area contributed by atoms with Crippen LogP contribution in [0.1, 0.15) is 25.5 Å². The predicted molar refractivity (Wildman–Crippen MR) is 70.5 cm³/mol. The second-order valence-corrected chi connectivity index (χ2v) is 4.98. The molecule has 1 fully saturated rings. The first-order chi connectivity index (χ1) is 8.81. The van der Waals surface area contributed by atoms with Crippen LogP contribution in [0.2, 0.25) is 0 Å². The van der Waals surface area contributed by atoms with Crippen LogP contribution in [-0.4, -0.2) is 28.1 Å². The number of ether oxygens (including phenoxy) is 1. The second-order valence-electron chi connectivity index (χ2n) is 4.98. The molecule has 2 aromatic rings. The fourth-order valence-corrected chi connectivity index (χ4v) is 2.50. The van der Waals surface area contributed by atoms with E-state index in [-0.39, 0.29) is 0 Å². The lowest BCUT2D eigenvalue weighted by molar-refractivity contribution is 0.0130. The van der Waals surface area contributed by atoms with Crippen molar-refractivity contribution in [2.24, 2.45) is 0 Å². The third-order valence-corrected chi connectivity index (χ3v) is 3.47. The summed E-state index contributed by atoms with van der Waals surface area (Å²) in [4.78, 5) is 4.59. The van der Waals surface area contributed by atoms with Crippen LogP contribution in [0, 0.1) is 0 Å². The highest BCUT2D eigenvalue weighted by Crippen LogP contribution is 2.14. The second kappa shape index (κ2) is 5.08. The Morgan fingerprint density at radius 2 is 2.44 bits per heavy atom. The van der Waals surface area contributed by atoms with E-state index in [1.54, 1.807) is 0 Å². The Hall–Kier alpha value is -1.39. The minimum absolute atomic E-state index is 0.373. The molecule has 1 aliphatic heterocycles. The molecule has 1 N–H and O–H groups in total. The number of aromatic nitrogens is 2. The molecule has 18 heavy (non-hydrogen) atoms. The summed E-state index contributed by atoms with van der Waals surface area (Å²) in [5, 5.41) is 3.57. The van der Waals surface area contributed by atoms with Gasteiger partial charge in [0.15, 0.2) is 0 Å². The molecule has 4 heteroatoms. The first-order valence-electron chi connectivity index (χ1n) is 6.59. The van der Waals surface area contributed by atoms with E-state index in [9.17, 15) is 0 Å². The van der Waals surface area contributed by atoms with Crippen molar-refractivity contribution < 1.29 is 4.74 Å². The summed E-state index contributed by atoms with van der Waals surface area (Å²) >= 11 is 0. The molecule has 0 spiro atoms. The van der Waals surface area contributed by atoms with Crippen LogP contribution in [-0.2, 0) is 11.3 Å². The van der Waals surface area contributed by atoms with Crippen molar-refractivity contribution >= 4 is 5.65 Å². The summed E-state index contributed by atoms with van der Waals surface area (Å²) in [6, 6.07) is 6.62. The molecule has 2 atom stereocenters. The summed E-state index contributed by atoms with van der Waals surface area (Å²) in [7, 11) is 0. The molecule has 3 rings (SSSR count). The van der Waals surface area contributed by atoms with Gasteiger partial charge in [-0.05, 0) is 31.9 Å². The third-order valence-electron chi connectivity index (χ3n) is 3.47. The Balaban J connectivity index is 1.62. The van der Waals surface area contributed by atoms with Crippen LogP contribution in [0.5, 0.6) is 0 Å². The van der Waals surface area contributed by atoms with Gasteiger partial charge in [0.25, 0.3) is 0 Å². The fraction of sp³-hybridized carbons (Fsp3) is 0.500. The molecular formula is C14H19N3O. The van der Waals surface area contributed by atoms with Crippen LogP contribution in [0.15, 0.2) is 30.6 Å². The van der Waals surface area contributed by atoms with E-state index < -0.39 is 0 Å². The van der Waals surface area contributed by atoms with Crippen molar-refractivity contribution in [1.82, 2.24) is 14.7 Å². The van der Waals surface area contributed by atoms with Crippen LogP contribution < -0.4 is 5.32 Å². The Kier molecular flexibility index (Phi) is 3.30. The molecule has 0 aliphatic carbocycles. The largest absolute Gasteiger partial charge is 0.378 e. The highest BCUT2D eigenvalue weighted by Gasteiger charge is 2.18. The van der Waals surface area contributed by atoms with Crippen molar-refractivity contribution in [2.45, 2.75) is 38.5 Å². The summed E-state index contributed by atoms with van der Waals surface area (Å²) < 4.78 is 7.61. The number of imidazole rings is 1. The average molecular weight is 245 g/mol. The predicted octanol–water partition coefficient (Wildman–Crippen LogP) is 1.99. The summed E-state index contributed by atoms with van der Waals surface area (Å²) in [5.41, 5.74) is 2.11. The number of hydrogen-bond donors (Lipinski definition) is 1. The number of hydrogen-bond acceptors (Lipinski definition) is 3. The lowest BCUT2D eigenvalue weighted by Crippen LogP contribution is -2.37. The molecular weight excluding hydrogens is 226 g/mol. The van der Waals surface area contributed by atoms with Gasteiger partial charge >= 0.3 is 0 Å². The van der Waals surface area contributed by atoms with Crippen molar-refractivity contribution in [1.29, 1.82) is 0 Å². The zero-order chi connectivity index (χ0) is 12.4. The van der Waals surface area contributed by atoms with E-state index in [0.29, 0.717) is 12.1 Å².